The van der Waals surface area contributed by atoms with Crippen LogP contribution in [0.3, 0.4) is 0 Å². The van der Waals surface area contributed by atoms with Crippen LogP contribution >= 0.6 is 0 Å². The molecule has 0 radical (unpaired) electrons. The van der Waals surface area contributed by atoms with Gasteiger partial charge in [-0.15, -0.1) is 0 Å². The van der Waals surface area contributed by atoms with E-state index in [1.807, 2.05) is 44.2 Å². The third-order valence-corrected chi connectivity index (χ3v) is 3.94. The molecule has 22 heavy (non-hydrogen) atoms. The molecule has 1 amide bonds. The Kier molecular flexibility index (Phi) is 5.90. The number of benzene rings is 2. The van der Waals surface area contributed by atoms with Crippen molar-refractivity contribution < 1.29 is 14.3 Å². The molecule has 116 valence electrons. The summed E-state index contributed by atoms with van der Waals surface area (Å²) in [4.78, 5) is 12.3. The SMILES string of the molecule is CCOc1cc(NC(=O)c2ccccc2)c(OCC)cc1[AsH2]. The molecule has 0 aliphatic carbocycles. The van der Waals surface area contributed by atoms with E-state index >= 15 is 0 Å². The Bertz CT molecular complexity index is 644. The van der Waals surface area contributed by atoms with Crippen LogP contribution in [-0.2, 0) is 0 Å². The van der Waals surface area contributed by atoms with Gasteiger partial charge in [-0.3, -0.25) is 0 Å². The van der Waals surface area contributed by atoms with Crippen molar-refractivity contribution >= 4 is 32.8 Å². The van der Waals surface area contributed by atoms with Crippen molar-refractivity contribution in [2.75, 3.05) is 18.5 Å². The number of amides is 1. The fourth-order valence-corrected chi connectivity index (χ4v) is 2.68. The number of rotatable bonds is 6. The normalized spacial score (nSPS) is 10.1. The molecule has 0 aliphatic rings. The second kappa shape index (κ2) is 7.90. The summed E-state index contributed by atoms with van der Waals surface area (Å²) < 4.78 is 12.3. The van der Waals surface area contributed by atoms with Gasteiger partial charge in [0.15, 0.2) is 0 Å². The van der Waals surface area contributed by atoms with Crippen molar-refractivity contribution in [3.8, 4) is 11.5 Å². The molecule has 2 aromatic carbocycles. The summed E-state index contributed by atoms with van der Waals surface area (Å²) >= 11 is 1.46. The van der Waals surface area contributed by atoms with Gasteiger partial charge in [-0.05, 0) is 0 Å². The van der Waals surface area contributed by atoms with Gasteiger partial charge in [0.25, 0.3) is 0 Å². The van der Waals surface area contributed by atoms with Crippen molar-refractivity contribution in [3.05, 3.63) is 48.0 Å². The van der Waals surface area contributed by atoms with E-state index in [0.717, 1.165) is 10.1 Å². The summed E-state index contributed by atoms with van der Waals surface area (Å²) in [5.74, 6) is 1.27. The van der Waals surface area contributed by atoms with Gasteiger partial charge < -0.3 is 0 Å². The van der Waals surface area contributed by atoms with E-state index in [-0.39, 0.29) is 5.91 Å². The summed E-state index contributed by atoms with van der Waals surface area (Å²) in [5, 5.41) is 2.90. The maximum absolute atomic E-state index is 12.3. The first kappa shape index (κ1) is 16.4. The first-order valence-corrected chi connectivity index (χ1v) is 8.42. The summed E-state index contributed by atoms with van der Waals surface area (Å²) in [6.07, 6.45) is 0. The summed E-state index contributed by atoms with van der Waals surface area (Å²) in [5.41, 5.74) is 1.23. The summed E-state index contributed by atoms with van der Waals surface area (Å²) in [6.45, 7) is 4.97. The minimum atomic E-state index is -0.168. The minimum absolute atomic E-state index is 0.168. The Morgan fingerprint density at radius 2 is 1.68 bits per heavy atom. The van der Waals surface area contributed by atoms with Crippen LogP contribution in [0.2, 0.25) is 0 Å². The molecule has 2 rings (SSSR count). The molecule has 0 saturated carbocycles. The van der Waals surface area contributed by atoms with Gasteiger partial charge in [-0.1, -0.05) is 0 Å². The second-order valence-electron chi connectivity index (χ2n) is 4.57. The third-order valence-electron chi connectivity index (χ3n) is 3.00. The fourth-order valence-electron chi connectivity index (χ4n) is 2.01. The average Bonchev–Trinajstić information content (AvgIpc) is 2.53. The Morgan fingerprint density at radius 3 is 2.32 bits per heavy atom. The molecule has 4 nitrogen and oxygen atoms in total. The van der Waals surface area contributed by atoms with Crippen molar-refractivity contribution in [1.82, 2.24) is 0 Å². The van der Waals surface area contributed by atoms with E-state index < -0.39 is 0 Å². The Morgan fingerprint density at radius 1 is 1.05 bits per heavy atom. The first-order valence-electron chi connectivity index (χ1n) is 7.21. The van der Waals surface area contributed by atoms with Crippen molar-refractivity contribution in [2.24, 2.45) is 0 Å². The molecule has 0 heterocycles. The van der Waals surface area contributed by atoms with Crippen molar-refractivity contribution in [1.29, 1.82) is 0 Å². The molecule has 1 atom stereocenters. The average molecular weight is 361 g/mol. The molecular formula is C17H20AsNO3. The number of hydrogen-bond donors (Lipinski definition) is 1. The molecule has 1 N–H and O–H groups in total. The number of nitrogens with one attached hydrogen (secondary N) is 1. The van der Waals surface area contributed by atoms with E-state index in [4.69, 9.17) is 9.47 Å². The molecule has 0 saturated heterocycles. The standard InChI is InChI=1S/C17H20AsNO3/c1-3-21-15-11-14(16(22-4-2)10-13(15)18)19-17(20)12-8-6-5-7-9-12/h5-11H,3-4,18H2,1-2H3,(H,19,20). The van der Waals surface area contributed by atoms with Crippen molar-refractivity contribution in [2.45, 2.75) is 13.8 Å². The number of anilines is 1. The van der Waals surface area contributed by atoms with E-state index in [2.05, 4.69) is 5.32 Å². The van der Waals surface area contributed by atoms with Gasteiger partial charge in [0.05, 0.1) is 0 Å². The molecular weight excluding hydrogens is 341 g/mol. The first-order chi connectivity index (χ1) is 10.7. The van der Waals surface area contributed by atoms with Crippen LogP contribution in [0.15, 0.2) is 42.5 Å². The van der Waals surface area contributed by atoms with E-state index in [1.165, 1.54) is 16.9 Å². The van der Waals surface area contributed by atoms with Gasteiger partial charge in [-0.25, -0.2) is 0 Å². The van der Waals surface area contributed by atoms with Gasteiger partial charge >= 0.3 is 139 Å². The monoisotopic (exact) mass is 361 g/mol. The van der Waals surface area contributed by atoms with Gasteiger partial charge in [0, 0.05) is 0 Å². The topological polar surface area (TPSA) is 47.6 Å². The fraction of sp³-hybridized carbons (Fsp3) is 0.235. The second-order valence-corrected chi connectivity index (χ2v) is 5.88. The van der Waals surface area contributed by atoms with Crippen molar-refractivity contribution in [3.63, 3.8) is 0 Å². The zero-order chi connectivity index (χ0) is 15.9. The van der Waals surface area contributed by atoms with Crippen LogP contribution in [0.5, 0.6) is 11.5 Å². The summed E-state index contributed by atoms with van der Waals surface area (Å²) in [7, 11) is 0. The maximum atomic E-state index is 12.3. The molecule has 5 heteroatoms. The van der Waals surface area contributed by atoms with Crippen LogP contribution in [0.4, 0.5) is 5.69 Å². The molecule has 0 spiro atoms. The van der Waals surface area contributed by atoms with E-state index in [0.29, 0.717) is 30.2 Å². The zero-order valence-corrected chi connectivity index (χ0v) is 15.2. The Hall–Kier alpha value is -1.93. The number of carbonyl (C=O) groups excluding carboxylic acids is 1. The van der Waals surface area contributed by atoms with Crippen LogP contribution in [0, 0.1) is 0 Å². The molecule has 0 fully saturated rings. The van der Waals surface area contributed by atoms with E-state index in [1.54, 1.807) is 12.1 Å². The van der Waals surface area contributed by atoms with E-state index in [9.17, 15) is 4.79 Å². The molecule has 1 unspecified atom stereocenters. The number of carbonyl (C=O) groups is 1. The predicted molar refractivity (Wildman–Crippen MR) is 91.4 cm³/mol. The molecule has 0 aromatic heterocycles. The predicted octanol–water partition coefficient (Wildman–Crippen LogP) is 1.99. The molecule has 0 bridgehead atoms. The van der Waals surface area contributed by atoms with Gasteiger partial charge in [-0.2, -0.15) is 0 Å². The Labute approximate surface area is 139 Å². The molecule has 0 aliphatic heterocycles. The molecule has 2 aromatic rings. The quantitative estimate of drug-likeness (QED) is 0.801. The summed E-state index contributed by atoms with van der Waals surface area (Å²) in [6, 6.07) is 12.8. The number of hydrogen-bond acceptors (Lipinski definition) is 3. The van der Waals surface area contributed by atoms with Crippen LogP contribution in [-0.4, -0.2) is 36.0 Å². The third kappa shape index (κ3) is 4.05. The zero-order valence-electron chi connectivity index (χ0n) is 12.8. The number of ether oxygens (including phenoxy) is 2. The van der Waals surface area contributed by atoms with Crippen LogP contribution < -0.4 is 19.1 Å². The van der Waals surface area contributed by atoms with Gasteiger partial charge in [0.1, 0.15) is 0 Å². The van der Waals surface area contributed by atoms with Gasteiger partial charge in [0.2, 0.25) is 0 Å². The Balaban J connectivity index is 2.31. The van der Waals surface area contributed by atoms with Crippen LogP contribution in [0.1, 0.15) is 24.2 Å². The van der Waals surface area contributed by atoms with Crippen LogP contribution in [0.25, 0.3) is 0 Å².